The van der Waals surface area contributed by atoms with Crippen molar-refractivity contribution in [2.45, 2.75) is 70.4 Å². The maximum atomic E-state index is 6.10. The monoisotopic (exact) mass is 309 g/mol. The summed E-state index contributed by atoms with van der Waals surface area (Å²) >= 11 is 1.58. The Labute approximate surface area is 131 Å². The largest absolute Gasteiger partial charge is 0.375 e. The molecule has 1 saturated carbocycles. The fourth-order valence-corrected chi connectivity index (χ4v) is 4.76. The summed E-state index contributed by atoms with van der Waals surface area (Å²) in [5, 5.41) is 8.09. The van der Waals surface area contributed by atoms with Crippen molar-refractivity contribution in [3.8, 4) is 0 Å². The van der Waals surface area contributed by atoms with Gasteiger partial charge in [0, 0.05) is 12.6 Å². The highest BCUT2D eigenvalue weighted by molar-refractivity contribution is 7.05. The van der Waals surface area contributed by atoms with Crippen LogP contribution in [-0.2, 0) is 4.74 Å². The highest BCUT2D eigenvalue weighted by atomic mass is 32.1. The third-order valence-corrected chi connectivity index (χ3v) is 5.88. The number of ether oxygens (including phenoxy) is 1. The number of aromatic nitrogens is 2. The van der Waals surface area contributed by atoms with Gasteiger partial charge in [0.2, 0.25) is 0 Å². The molecule has 1 aliphatic carbocycles. The fraction of sp³-hybridized carbons (Fsp3) is 0.875. The van der Waals surface area contributed by atoms with Crippen molar-refractivity contribution in [1.82, 2.24) is 14.9 Å². The van der Waals surface area contributed by atoms with Crippen molar-refractivity contribution < 1.29 is 4.74 Å². The van der Waals surface area contributed by atoms with Crippen molar-refractivity contribution in [1.29, 1.82) is 0 Å². The van der Waals surface area contributed by atoms with Crippen LogP contribution < -0.4 is 5.32 Å². The molecule has 1 N–H and O–H groups in total. The third kappa shape index (κ3) is 3.01. The van der Waals surface area contributed by atoms with Crippen LogP contribution in [0.25, 0.3) is 0 Å². The quantitative estimate of drug-likeness (QED) is 0.901. The van der Waals surface area contributed by atoms with Crippen molar-refractivity contribution in [2.75, 3.05) is 13.2 Å². The predicted molar refractivity (Wildman–Crippen MR) is 85.7 cm³/mol. The summed E-state index contributed by atoms with van der Waals surface area (Å²) in [7, 11) is 0. The maximum absolute atomic E-state index is 6.10. The molecule has 0 aromatic carbocycles. The van der Waals surface area contributed by atoms with Crippen LogP contribution in [0.15, 0.2) is 0 Å². The van der Waals surface area contributed by atoms with Crippen LogP contribution in [0.2, 0.25) is 0 Å². The Morgan fingerprint density at radius 2 is 2.24 bits per heavy atom. The molecule has 118 valence electrons. The molecule has 21 heavy (non-hydrogen) atoms. The molecule has 0 bridgehead atoms. The van der Waals surface area contributed by atoms with E-state index in [9.17, 15) is 0 Å². The molecule has 3 rings (SSSR count). The van der Waals surface area contributed by atoms with E-state index in [2.05, 4.69) is 35.7 Å². The number of rotatable bonds is 5. The molecule has 0 amide bonds. The van der Waals surface area contributed by atoms with Crippen molar-refractivity contribution in [3.05, 3.63) is 10.6 Å². The number of hydrogen-bond donors (Lipinski definition) is 1. The zero-order chi connectivity index (χ0) is 14.9. The molecular weight excluding hydrogens is 282 g/mol. The third-order valence-electron chi connectivity index (χ3n) is 5.06. The van der Waals surface area contributed by atoms with Crippen molar-refractivity contribution >= 4 is 11.5 Å². The fourth-order valence-electron chi connectivity index (χ4n) is 3.78. The molecular formula is C16H27N3OS. The summed E-state index contributed by atoms with van der Waals surface area (Å²) in [5.41, 5.74) is 1.38. The summed E-state index contributed by atoms with van der Waals surface area (Å²) in [4.78, 5) is 1.35. The van der Waals surface area contributed by atoms with E-state index in [4.69, 9.17) is 4.74 Å². The molecule has 5 heteroatoms. The van der Waals surface area contributed by atoms with E-state index >= 15 is 0 Å². The number of nitrogens with zero attached hydrogens (tertiary/aromatic N) is 2. The van der Waals surface area contributed by atoms with Gasteiger partial charge in [-0.25, -0.2) is 0 Å². The van der Waals surface area contributed by atoms with Gasteiger partial charge in [-0.1, -0.05) is 25.3 Å². The van der Waals surface area contributed by atoms with Gasteiger partial charge in [0.25, 0.3) is 0 Å². The molecule has 4 nitrogen and oxygen atoms in total. The molecule has 1 aromatic heterocycles. The minimum Gasteiger partial charge on any atom is -0.375 e. The van der Waals surface area contributed by atoms with Crippen molar-refractivity contribution in [3.63, 3.8) is 0 Å². The molecule has 2 atom stereocenters. The van der Waals surface area contributed by atoms with E-state index < -0.39 is 0 Å². The molecule has 1 saturated heterocycles. The van der Waals surface area contributed by atoms with Gasteiger partial charge in [0.1, 0.15) is 0 Å². The predicted octanol–water partition coefficient (Wildman–Crippen LogP) is 3.66. The van der Waals surface area contributed by atoms with Gasteiger partial charge in [0.15, 0.2) is 0 Å². The molecule has 1 aromatic rings. The van der Waals surface area contributed by atoms with E-state index in [0.717, 1.165) is 19.6 Å². The number of nitrogens with one attached hydrogen (secondary N) is 1. The second-order valence-corrected chi connectivity index (χ2v) is 7.64. The van der Waals surface area contributed by atoms with E-state index in [1.54, 1.807) is 11.5 Å². The summed E-state index contributed by atoms with van der Waals surface area (Å²) in [6.07, 6.45) is 6.17. The van der Waals surface area contributed by atoms with Crippen LogP contribution in [0, 0.1) is 5.92 Å². The Morgan fingerprint density at radius 1 is 1.43 bits per heavy atom. The summed E-state index contributed by atoms with van der Waals surface area (Å²) in [6, 6.07) is 0.397. The molecule has 0 radical (unpaired) electrons. The average Bonchev–Trinajstić information content (AvgIpc) is 2.92. The van der Waals surface area contributed by atoms with Gasteiger partial charge in [-0.15, -0.1) is 5.10 Å². The van der Waals surface area contributed by atoms with Gasteiger partial charge in [-0.2, -0.15) is 0 Å². The Morgan fingerprint density at radius 3 is 2.86 bits per heavy atom. The normalized spacial score (nSPS) is 26.0. The summed E-state index contributed by atoms with van der Waals surface area (Å²) in [6.45, 7) is 8.51. The van der Waals surface area contributed by atoms with Crippen LogP contribution in [-0.4, -0.2) is 28.3 Å². The van der Waals surface area contributed by atoms with E-state index in [1.807, 2.05) is 0 Å². The average molecular weight is 309 g/mol. The van der Waals surface area contributed by atoms with Crippen LogP contribution in [0.5, 0.6) is 0 Å². The molecule has 1 spiro atoms. The van der Waals surface area contributed by atoms with Gasteiger partial charge in [-0.05, 0) is 62.0 Å². The first-order chi connectivity index (χ1) is 10.2. The maximum Gasteiger partial charge on any atom is 0.0829 e. The first-order valence-electron chi connectivity index (χ1n) is 8.34. The molecule has 1 aliphatic heterocycles. The van der Waals surface area contributed by atoms with Crippen molar-refractivity contribution in [2.24, 2.45) is 5.92 Å². The molecule has 2 unspecified atom stereocenters. The second kappa shape index (κ2) is 6.31. The lowest BCUT2D eigenvalue weighted by Gasteiger charge is -2.48. The summed E-state index contributed by atoms with van der Waals surface area (Å²) < 4.78 is 10.3. The first kappa shape index (κ1) is 15.4. The van der Waals surface area contributed by atoms with E-state index in [1.165, 1.54) is 36.3 Å². The highest BCUT2D eigenvalue weighted by Crippen LogP contribution is 2.48. The smallest absolute Gasteiger partial charge is 0.0829 e. The second-order valence-electron chi connectivity index (χ2n) is 6.85. The first-order valence-corrected chi connectivity index (χ1v) is 9.12. The van der Waals surface area contributed by atoms with Crippen LogP contribution in [0.4, 0.5) is 0 Å². The Kier molecular flexibility index (Phi) is 4.62. The summed E-state index contributed by atoms with van der Waals surface area (Å²) in [5.74, 6) is 1.09. The standard InChI is InChI=1S/C16H27N3OS/c1-4-17-14(15-13(11(2)3)18-19-21-15)12-6-9-20-16(10-12)7-5-8-16/h11-12,14,17H,4-10H2,1-3H3. The molecule has 2 heterocycles. The van der Waals surface area contributed by atoms with Crippen LogP contribution in [0.3, 0.4) is 0 Å². The highest BCUT2D eigenvalue weighted by Gasteiger charge is 2.45. The molecule has 2 fully saturated rings. The topological polar surface area (TPSA) is 47.0 Å². The zero-order valence-electron chi connectivity index (χ0n) is 13.4. The van der Waals surface area contributed by atoms with Gasteiger partial charge in [-0.3, -0.25) is 0 Å². The van der Waals surface area contributed by atoms with E-state index in [0.29, 0.717) is 17.9 Å². The zero-order valence-corrected chi connectivity index (χ0v) is 14.2. The lowest BCUT2D eigenvalue weighted by molar-refractivity contribution is -0.147. The lowest BCUT2D eigenvalue weighted by atomic mass is 9.70. The Bertz CT molecular complexity index is 470. The van der Waals surface area contributed by atoms with Gasteiger partial charge in [0.05, 0.1) is 16.2 Å². The lowest BCUT2D eigenvalue weighted by Crippen LogP contribution is -2.48. The minimum absolute atomic E-state index is 0.201. The minimum atomic E-state index is 0.201. The SMILES string of the molecule is CCNC(c1snnc1C(C)C)C1CCOC2(CCC2)C1. The Hall–Kier alpha value is -0.520. The van der Waals surface area contributed by atoms with Gasteiger partial charge >= 0.3 is 0 Å². The van der Waals surface area contributed by atoms with Crippen LogP contribution >= 0.6 is 11.5 Å². The number of hydrogen-bond acceptors (Lipinski definition) is 5. The van der Waals surface area contributed by atoms with Crippen LogP contribution in [0.1, 0.15) is 75.4 Å². The van der Waals surface area contributed by atoms with Gasteiger partial charge < -0.3 is 10.1 Å². The molecule has 2 aliphatic rings. The Balaban J connectivity index is 1.81. The van der Waals surface area contributed by atoms with E-state index in [-0.39, 0.29) is 5.60 Å².